The first-order chi connectivity index (χ1) is 13.6. The highest BCUT2D eigenvalue weighted by molar-refractivity contribution is 7.92. The lowest BCUT2D eigenvalue weighted by Gasteiger charge is -2.25. The van der Waals surface area contributed by atoms with Gasteiger partial charge in [0.1, 0.15) is 12.3 Å². The Balaban J connectivity index is 2.22. The summed E-state index contributed by atoms with van der Waals surface area (Å²) < 4.78 is 31.1. The molecule has 2 aromatic carbocycles. The quantitative estimate of drug-likeness (QED) is 0.710. The number of rotatable bonds is 8. The summed E-state index contributed by atoms with van der Waals surface area (Å²) in [5.41, 5.74) is 4.45. The van der Waals surface area contributed by atoms with Crippen LogP contribution in [-0.2, 0) is 14.8 Å². The number of aryl methyl sites for hydroxylation is 3. The van der Waals surface area contributed by atoms with Gasteiger partial charge in [0.15, 0.2) is 0 Å². The summed E-state index contributed by atoms with van der Waals surface area (Å²) in [6.07, 6.45) is 1.79. The Kier molecular flexibility index (Phi) is 7.30. The van der Waals surface area contributed by atoms with Gasteiger partial charge in [-0.05, 0) is 67.6 Å². The van der Waals surface area contributed by atoms with Gasteiger partial charge in [-0.25, -0.2) is 8.42 Å². The zero-order valence-corrected chi connectivity index (χ0v) is 18.8. The van der Waals surface area contributed by atoms with E-state index in [0.29, 0.717) is 12.1 Å². The summed E-state index contributed by atoms with van der Waals surface area (Å²) in [7, 11) is -1.99. The minimum absolute atomic E-state index is 0.215. The molecule has 2 rings (SSSR count). The molecule has 0 radical (unpaired) electrons. The van der Waals surface area contributed by atoms with Crippen molar-refractivity contribution < 1.29 is 17.9 Å². The van der Waals surface area contributed by atoms with Gasteiger partial charge in [0.05, 0.1) is 25.1 Å². The van der Waals surface area contributed by atoms with Crippen LogP contribution in [0, 0.1) is 20.8 Å². The molecule has 1 N–H and O–H groups in total. The first-order valence-electron chi connectivity index (χ1n) is 9.55. The number of benzene rings is 2. The smallest absolute Gasteiger partial charge is 0.241 e. The van der Waals surface area contributed by atoms with E-state index in [9.17, 15) is 13.2 Å². The summed E-state index contributed by atoms with van der Waals surface area (Å²) in [6.45, 7) is 7.52. The Labute approximate surface area is 173 Å². The van der Waals surface area contributed by atoms with Crippen molar-refractivity contribution >= 4 is 21.6 Å². The molecule has 6 nitrogen and oxygen atoms in total. The fourth-order valence-corrected chi connectivity index (χ4v) is 4.04. The molecule has 1 unspecified atom stereocenters. The number of nitrogens with zero attached hydrogens (tertiary/aromatic N) is 1. The number of carbonyl (C=O) groups is 1. The van der Waals surface area contributed by atoms with Crippen molar-refractivity contribution in [3.8, 4) is 5.75 Å². The normalized spacial score (nSPS) is 12.3. The van der Waals surface area contributed by atoms with Gasteiger partial charge in [0.2, 0.25) is 15.9 Å². The second kappa shape index (κ2) is 9.31. The zero-order valence-electron chi connectivity index (χ0n) is 17.9. The van der Waals surface area contributed by atoms with Crippen LogP contribution in [0.25, 0.3) is 0 Å². The number of sulfonamides is 1. The van der Waals surface area contributed by atoms with Gasteiger partial charge in [-0.2, -0.15) is 0 Å². The standard InChI is InChI=1S/C22H30N2O4S/c1-7-20(18-9-11-21(28-5)17(4)12-18)23-22(25)14-24(29(6,26)27)19-10-8-15(2)16(3)13-19/h8-13,20H,7,14H2,1-6H3,(H,23,25). The van der Waals surface area contributed by atoms with Crippen molar-refractivity contribution in [2.45, 2.75) is 40.2 Å². The number of ether oxygens (including phenoxy) is 1. The Hall–Kier alpha value is -2.54. The number of methoxy groups -OCH3 is 1. The highest BCUT2D eigenvalue weighted by atomic mass is 32.2. The third-order valence-electron chi connectivity index (χ3n) is 5.03. The molecule has 0 heterocycles. The van der Waals surface area contributed by atoms with E-state index in [1.165, 1.54) is 0 Å². The van der Waals surface area contributed by atoms with E-state index in [2.05, 4.69) is 5.32 Å². The Bertz CT molecular complexity index is 986. The number of amides is 1. The summed E-state index contributed by atoms with van der Waals surface area (Å²) in [4.78, 5) is 12.7. The van der Waals surface area contributed by atoms with Crippen LogP contribution in [0.4, 0.5) is 5.69 Å². The molecule has 158 valence electrons. The van der Waals surface area contributed by atoms with Crippen molar-refractivity contribution in [2.75, 3.05) is 24.2 Å². The highest BCUT2D eigenvalue weighted by Gasteiger charge is 2.23. The summed E-state index contributed by atoms with van der Waals surface area (Å²) >= 11 is 0. The van der Waals surface area contributed by atoms with E-state index in [-0.39, 0.29) is 18.5 Å². The van der Waals surface area contributed by atoms with Gasteiger partial charge in [-0.1, -0.05) is 25.1 Å². The van der Waals surface area contributed by atoms with Crippen LogP contribution in [0.1, 0.15) is 41.6 Å². The van der Waals surface area contributed by atoms with E-state index >= 15 is 0 Å². The fraction of sp³-hybridized carbons (Fsp3) is 0.409. The molecule has 2 aromatic rings. The molecule has 0 aliphatic carbocycles. The first-order valence-corrected chi connectivity index (χ1v) is 11.4. The molecule has 0 aliphatic rings. The zero-order chi connectivity index (χ0) is 21.8. The lowest BCUT2D eigenvalue weighted by atomic mass is 10.0. The Morgan fingerprint density at radius 3 is 2.28 bits per heavy atom. The van der Waals surface area contributed by atoms with Crippen LogP contribution in [0.15, 0.2) is 36.4 Å². The van der Waals surface area contributed by atoms with E-state index in [1.54, 1.807) is 19.2 Å². The number of hydrogen-bond donors (Lipinski definition) is 1. The number of hydrogen-bond acceptors (Lipinski definition) is 4. The van der Waals surface area contributed by atoms with E-state index in [1.807, 2.05) is 52.0 Å². The molecule has 0 saturated carbocycles. The Morgan fingerprint density at radius 1 is 1.07 bits per heavy atom. The van der Waals surface area contributed by atoms with Crippen LogP contribution in [0.3, 0.4) is 0 Å². The number of anilines is 1. The average Bonchev–Trinajstić information content (AvgIpc) is 2.65. The summed E-state index contributed by atoms with van der Waals surface area (Å²) in [6, 6.07) is 10.9. The topological polar surface area (TPSA) is 75.7 Å². The largest absolute Gasteiger partial charge is 0.496 e. The lowest BCUT2D eigenvalue weighted by Crippen LogP contribution is -2.41. The molecule has 0 aromatic heterocycles. The van der Waals surface area contributed by atoms with E-state index in [0.717, 1.165) is 38.6 Å². The molecular weight excluding hydrogens is 388 g/mol. The van der Waals surface area contributed by atoms with Crippen molar-refractivity contribution in [3.63, 3.8) is 0 Å². The van der Waals surface area contributed by atoms with Crippen LogP contribution in [0.2, 0.25) is 0 Å². The van der Waals surface area contributed by atoms with Gasteiger partial charge in [0.25, 0.3) is 0 Å². The van der Waals surface area contributed by atoms with E-state index in [4.69, 9.17) is 4.74 Å². The molecule has 1 atom stereocenters. The molecule has 0 bridgehead atoms. The van der Waals surface area contributed by atoms with Gasteiger partial charge in [-0.3, -0.25) is 9.10 Å². The third-order valence-corrected chi connectivity index (χ3v) is 6.17. The van der Waals surface area contributed by atoms with Gasteiger partial charge in [0, 0.05) is 0 Å². The molecule has 1 amide bonds. The maximum Gasteiger partial charge on any atom is 0.241 e. The SMILES string of the molecule is CCC(NC(=O)CN(c1ccc(C)c(C)c1)S(C)(=O)=O)c1ccc(OC)c(C)c1. The van der Waals surface area contributed by atoms with Crippen molar-refractivity contribution in [2.24, 2.45) is 0 Å². The third kappa shape index (κ3) is 5.73. The van der Waals surface area contributed by atoms with Crippen LogP contribution >= 0.6 is 0 Å². The molecule has 29 heavy (non-hydrogen) atoms. The molecule has 7 heteroatoms. The summed E-state index contributed by atoms with van der Waals surface area (Å²) in [5.74, 6) is 0.432. The van der Waals surface area contributed by atoms with Gasteiger partial charge < -0.3 is 10.1 Å². The van der Waals surface area contributed by atoms with Gasteiger partial charge >= 0.3 is 0 Å². The second-order valence-corrected chi connectivity index (χ2v) is 9.20. The van der Waals surface area contributed by atoms with Crippen molar-refractivity contribution in [1.29, 1.82) is 0 Å². The highest BCUT2D eigenvalue weighted by Crippen LogP contribution is 2.25. The maximum atomic E-state index is 12.7. The monoisotopic (exact) mass is 418 g/mol. The Morgan fingerprint density at radius 2 is 1.76 bits per heavy atom. The minimum atomic E-state index is -3.61. The molecule has 0 aliphatic heterocycles. The fourth-order valence-electron chi connectivity index (χ4n) is 3.19. The van der Waals surface area contributed by atoms with Crippen molar-refractivity contribution in [3.05, 3.63) is 58.7 Å². The molecule has 0 fully saturated rings. The predicted octanol–water partition coefficient (Wildman–Crippen LogP) is 3.65. The van der Waals surface area contributed by atoms with Crippen LogP contribution in [-0.4, -0.2) is 34.2 Å². The van der Waals surface area contributed by atoms with Crippen LogP contribution in [0.5, 0.6) is 5.75 Å². The first kappa shape index (κ1) is 22.7. The lowest BCUT2D eigenvalue weighted by molar-refractivity contribution is -0.120. The second-order valence-electron chi connectivity index (χ2n) is 7.30. The van der Waals surface area contributed by atoms with Gasteiger partial charge in [-0.15, -0.1) is 0 Å². The minimum Gasteiger partial charge on any atom is -0.496 e. The van der Waals surface area contributed by atoms with Crippen LogP contribution < -0.4 is 14.4 Å². The average molecular weight is 419 g/mol. The summed E-state index contributed by atoms with van der Waals surface area (Å²) in [5, 5.41) is 2.96. The number of carbonyl (C=O) groups excluding carboxylic acids is 1. The van der Waals surface area contributed by atoms with Crippen molar-refractivity contribution in [1.82, 2.24) is 5.32 Å². The molecular formula is C22H30N2O4S. The molecule has 0 spiro atoms. The predicted molar refractivity (Wildman–Crippen MR) is 117 cm³/mol. The van der Waals surface area contributed by atoms with E-state index < -0.39 is 10.0 Å². The number of nitrogens with one attached hydrogen (secondary N) is 1. The maximum absolute atomic E-state index is 12.7. The molecule has 0 saturated heterocycles.